The van der Waals surface area contributed by atoms with Gasteiger partial charge in [0.1, 0.15) is 0 Å². The summed E-state index contributed by atoms with van der Waals surface area (Å²) in [6, 6.07) is 9.25. The molecule has 1 atom stereocenters. The molecule has 1 unspecified atom stereocenters. The number of piperidine rings is 1. The largest absolute Gasteiger partial charge is 0.340 e. The molecule has 19 heavy (non-hydrogen) atoms. The predicted octanol–water partition coefficient (Wildman–Crippen LogP) is 1.77. The van der Waals surface area contributed by atoms with Crippen LogP contribution in [0, 0.1) is 11.3 Å². The van der Waals surface area contributed by atoms with E-state index < -0.39 is 0 Å². The van der Waals surface area contributed by atoms with Crippen LogP contribution in [-0.2, 0) is 0 Å². The number of rotatable bonds is 3. The van der Waals surface area contributed by atoms with Gasteiger partial charge in [-0.2, -0.15) is 5.26 Å². The Labute approximate surface area is 114 Å². The highest BCUT2D eigenvalue weighted by molar-refractivity contribution is 5.94. The van der Waals surface area contributed by atoms with Gasteiger partial charge in [-0.3, -0.25) is 4.79 Å². The van der Waals surface area contributed by atoms with E-state index in [-0.39, 0.29) is 5.91 Å². The molecule has 0 spiro atoms. The Kier molecular flexibility index (Phi) is 4.53. The Balaban J connectivity index is 1.95. The normalized spacial score (nSPS) is 18.6. The smallest absolute Gasteiger partial charge is 0.253 e. The first-order valence-electron chi connectivity index (χ1n) is 6.69. The number of nitrogens with zero attached hydrogens (tertiary/aromatic N) is 2. The third-order valence-electron chi connectivity index (χ3n) is 3.51. The lowest BCUT2D eigenvalue weighted by atomic mass is 10.0. The van der Waals surface area contributed by atoms with E-state index in [9.17, 15) is 4.79 Å². The number of benzene rings is 1. The number of likely N-dealkylation sites (N-methyl/N-ethyl adjacent to an activating group) is 1. The van der Waals surface area contributed by atoms with Gasteiger partial charge in [-0.05, 0) is 43.7 Å². The second-order valence-corrected chi connectivity index (χ2v) is 5.02. The van der Waals surface area contributed by atoms with Gasteiger partial charge >= 0.3 is 0 Å². The highest BCUT2D eigenvalue weighted by Crippen LogP contribution is 2.11. The number of amides is 1. The van der Waals surface area contributed by atoms with Crippen molar-refractivity contribution in [3.8, 4) is 6.07 Å². The van der Waals surface area contributed by atoms with E-state index in [4.69, 9.17) is 5.26 Å². The maximum absolute atomic E-state index is 12.2. The standard InChI is InChI=1S/C15H19N3O/c1-18(11-14-4-2-3-9-17-14)15(19)13-7-5-12(10-16)6-8-13/h5-8,14,17H,2-4,9,11H2,1H3. The number of carbonyl (C=O) groups is 1. The SMILES string of the molecule is CN(CC1CCCCN1)C(=O)c1ccc(C#N)cc1. The molecule has 1 fully saturated rings. The molecule has 0 bridgehead atoms. The lowest BCUT2D eigenvalue weighted by molar-refractivity contribution is 0.0775. The van der Waals surface area contributed by atoms with Crippen molar-refractivity contribution in [2.75, 3.05) is 20.1 Å². The first-order chi connectivity index (χ1) is 9.20. The van der Waals surface area contributed by atoms with Crippen LogP contribution in [0.25, 0.3) is 0 Å². The highest BCUT2D eigenvalue weighted by Gasteiger charge is 2.18. The molecule has 1 aliphatic heterocycles. The second kappa shape index (κ2) is 6.35. The van der Waals surface area contributed by atoms with Crippen LogP contribution in [0.1, 0.15) is 35.2 Å². The Morgan fingerprint density at radius 1 is 1.42 bits per heavy atom. The van der Waals surface area contributed by atoms with Crippen LogP contribution < -0.4 is 5.32 Å². The summed E-state index contributed by atoms with van der Waals surface area (Å²) in [6.45, 7) is 1.78. The topological polar surface area (TPSA) is 56.1 Å². The summed E-state index contributed by atoms with van der Waals surface area (Å²) in [4.78, 5) is 14.0. The van der Waals surface area contributed by atoms with Crippen LogP contribution in [0.2, 0.25) is 0 Å². The Bertz CT molecular complexity index is 469. The third-order valence-corrected chi connectivity index (χ3v) is 3.51. The third kappa shape index (κ3) is 3.55. The van der Waals surface area contributed by atoms with Gasteiger partial charge in [0.05, 0.1) is 11.6 Å². The number of hydrogen-bond donors (Lipinski definition) is 1. The van der Waals surface area contributed by atoms with Gasteiger partial charge in [-0.15, -0.1) is 0 Å². The predicted molar refractivity (Wildman–Crippen MR) is 73.8 cm³/mol. The fourth-order valence-electron chi connectivity index (χ4n) is 2.40. The Morgan fingerprint density at radius 3 is 2.74 bits per heavy atom. The van der Waals surface area contributed by atoms with Crippen LogP contribution in [0.4, 0.5) is 0 Å². The summed E-state index contributed by atoms with van der Waals surface area (Å²) in [5.41, 5.74) is 1.21. The molecular weight excluding hydrogens is 238 g/mol. The zero-order chi connectivity index (χ0) is 13.7. The van der Waals surface area contributed by atoms with Crippen molar-refractivity contribution in [1.82, 2.24) is 10.2 Å². The second-order valence-electron chi connectivity index (χ2n) is 5.02. The van der Waals surface area contributed by atoms with Crippen molar-refractivity contribution in [2.45, 2.75) is 25.3 Å². The molecule has 0 aliphatic carbocycles. The van der Waals surface area contributed by atoms with E-state index >= 15 is 0 Å². The quantitative estimate of drug-likeness (QED) is 0.898. The van der Waals surface area contributed by atoms with Gasteiger partial charge in [0.2, 0.25) is 0 Å². The van der Waals surface area contributed by atoms with Crippen LogP contribution in [0.15, 0.2) is 24.3 Å². The molecule has 0 radical (unpaired) electrons. The highest BCUT2D eigenvalue weighted by atomic mass is 16.2. The zero-order valence-electron chi connectivity index (χ0n) is 11.2. The first kappa shape index (κ1) is 13.6. The maximum Gasteiger partial charge on any atom is 0.253 e. The molecule has 1 N–H and O–H groups in total. The van der Waals surface area contributed by atoms with Gasteiger partial charge < -0.3 is 10.2 Å². The minimum Gasteiger partial charge on any atom is -0.340 e. The number of nitrogens with one attached hydrogen (secondary N) is 1. The van der Waals surface area contributed by atoms with Gasteiger partial charge in [0.25, 0.3) is 5.91 Å². The molecule has 1 aliphatic rings. The van der Waals surface area contributed by atoms with Crippen molar-refractivity contribution >= 4 is 5.91 Å². The van der Waals surface area contributed by atoms with Gasteiger partial charge in [-0.1, -0.05) is 6.42 Å². The van der Waals surface area contributed by atoms with Gasteiger partial charge in [-0.25, -0.2) is 0 Å². The summed E-state index contributed by atoms with van der Waals surface area (Å²) < 4.78 is 0. The zero-order valence-corrected chi connectivity index (χ0v) is 11.2. The number of hydrogen-bond acceptors (Lipinski definition) is 3. The molecule has 100 valence electrons. The lowest BCUT2D eigenvalue weighted by Gasteiger charge is -2.28. The molecule has 1 aromatic carbocycles. The monoisotopic (exact) mass is 257 g/mol. The van der Waals surface area contributed by atoms with Gasteiger partial charge in [0.15, 0.2) is 0 Å². The average Bonchev–Trinajstić information content (AvgIpc) is 2.47. The minimum atomic E-state index is 0.0110. The van der Waals surface area contributed by atoms with Crippen LogP contribution in [0.5, 0.6) is 0 Å². The van der Waals surface area contributed by atoms with E-state index in [2.05, 4.69) is 11.4 Å². The first-order valence-corrected chi connectivity index (χ1v) is 6.69. The molecule has 0 aromatic heterocycles. The van der Waals surface area contributed by atoms with E-state index in [1.54, 1.807) is 29.2 Å². The van der Waals surface area contributed by atoms with Crippen LogP contribution in [0.3, 0.4) is 0 Å². The van der Waals surface area contributed by atoms with E-state index in [1.165, 1.54) is 12.8 Å². The van der Waals surface area contributed by atoms with Crippen molar-refractivity contribution in [1.29, 1.82) is 5.26 Å². The number of nitriles is 1. The molecule has 2 rings (SSSR count). The van der Waals surface area contributed by atoms with Crippen molar-refractivity contribution < 1.29 is 4.79 Å². The Hall–Kier alpha value is -1.86. The molecule has 4 nitrogen and oxygen atoms in total. The molecule has 4 heteroatoms. The van der Waals surface area contributed by atoms with Gasteiger partial charge in [0, 0.05) is 25.2 Å². The number of carbonyl (C=O) groups excluding carboxylic acids is 1. The summed E-state index contributed by atoms with van der Waals surface area (Å²) in [6.07, 6.45) is 3.59. The lowest BCUT2D eigenvalue weighted by Crippen LogP contribution is -2.44. The fraction of sp³-hybridized carbons (Fsp3) is 0.467. The molecular formula is C15H19N3O. The Morgan fingerprint density at radius 2 is 2.16 bits per heavy atom. The average molecular weight is 257 g/mol. The minimum absolute atomic E-state index is 0.0110. The van der Waals surface area contributed by atoms with E-state index in [0.29, 0.717) is 17.2 Å². The van der Waals surface area contributed by atoms with Crippen molar-refractivity contribution in [2.24, 2.45) is 0 Å². The summed E-state index contributed by atoms with van der Waals surface area (Å²) in [5.74, 6) is 0.0110. The van der Waals surface area contributed by atoms with Crippen LogP contribution >= 0.6 is 0 Å². The fourth-order valence-corrected chi connectivity index (χ4v) is 2.40. The van der Waals surface area contributed by atoms with E-state index in [1.807, 2.05) is 7.05 Å². The maximum atomic E-state index is 12.2. The molecule has 1 aromatic rings. The molecule has 1 saturated heterocycles. The van der Waals surface area contributed by atoms with E-state index in [0.717, 1.165) is 19.5 Å². The van der Waals surface area contributed by atoms with Crippen LogP contribution in [-0.4, -0.2) is 37.0 Å². The molecule has 1 heterocycles. The summed E-state index contributed by atoms with van der Waals surface area (Å²) in [5, 5.41) is 12.2. The summed E-state index contributed by atoms with van der Waals surface area (Å²) >= 11 is 0. The molecule has 1 amide bonds. The van der Waals surface area contributed by atoms with Crippen molar-refractivity contribution in [3.05, 3.63) is 35.4 Å². The van der Waals surface area contributed by atoms with Crippen molar-refractivity contribution in [3.63, 3.8) is 0 Å². The molecule has 0 saturated carbocycles. The summed E-state index contributed by atoms with van der Waals surface area (Å²) in [7, 11) is 1.83.